The molecule has 62 valence electrons. The molecule has 0 aromatic carbocycles. The van der Waals surface area contributed by atoms with Gasteiger partial charge in [-0.25, -0.2) is 25.4 Å². The van der Waals surface area contributed by atoms with Crippen molar-refractivity contribution in [1.29, 1.82) is 0 Å². The molecule has 0 bridgehead atoms. The lowest BCUT2D eigenvalue weighted by Crippen LogP contribution is -2.30. The number of hydrogen-bond donors (Lipinski definition) is 0. The summed E-state index contributed by atoms with van der Waals surface area (Å²) in [4.78, 5) is 19.5. The van der Waals surface area contributed by atoms with Gasteiger partial charge in [0.2, 0.25) is 9.85 Å². The van der Waals surface area contributed by atoms with Crippen molar-refractivity contribution in [2.75, 3.05) is 7.11 Å². The Hall–Kier alpha value is -1.93. The highest BCUT2D eigenvalue weighted by atomic mass is 16.9. The van der Waals surface area contributed by atoms with E-state index >= 15 is 0 Å². The van der Waals surface area contributed by atoms with Gasteiger partial charge in [-0.15, -0.1) is 0 Å². The van der Waals surface area contributed by atoms with Gasteiger partial charge in [-0.1, -0.05) is 0 Å². The average Bonchev–Trinajstić information content (AvgIpc) is 1.85. The van der Waals surface area contributed by atoms with E-state index < -0.39 is 20.7 Å². The number of guanidine groups is 1. The molecule has 0 rings (SSSR count). The van der Waals surface area contributed by atoms with E-state index in [0.717, 1.165) is 7.11 Å². The third kappa shape index (κ3) is 2.04. The fourth-order valence-electron chi connectivity index (χ4n) is 0.282. The summed E-state index contributed by atoms with van der Waals surface area (Å²) in [6.45, 7) is 0. The summed E-state index contributed by atoms with van der Waals surface area (Å²) in [6, 6.07) is 0. The van der Waals surface area contributed by atoms with Gasteiger partial charge in [0.15, 0.2) is 4.90 Å². The second-order valence-electron chi connectivity index (χ2n) is 1.25. The topological polar surface area (TPSA) is 122 Å². The molecule has 0 unspecified atom stereocenters. The Kier molecular flexibility index (Phi) is 2.71. The normalized spacial score (nSPS) is 8.45. The van der Waals surface area contributed by atoms with Crippen molar-refractivity contribution in [2.24, 2.45) is 0 Å². The first-order valence-corrected chi connectivity index (χ1v) is 2.17. The fourth-order valence-corrected chi connectivity index (χ4v) is 0.282. The molecule has 0 aromatic heterocycles. The SMILES string of the molecule is CO[N+]([O-])=C([N+](=O)[O-])[N+](=O)[O-]. The first-order valence-electron chi connectivity index (χ1n) is 2.17. The summed E-state index contributed by atoms with van der Waals surface area (Å²) >= 11 is 0. The quantitative estimate of drug-likeness (QED) is 0.161. The van der Waals surface area contributed by atoms with Crippen LogP contribution in [0.1, 0.15) is 0 Å². The lowest BCUT2D eigenvalue weighted by Gasteiger charge is -1.89. The van der Waals surface area contributed by atoms with Crippen LogP contribution in [-0.2, 0) is 4.84 Å². The molecule has 0 aromatic rings. The van der Waals surface area contributed by atoms with Crippen molar-refractivity contribution in [2.45, 2.75) is 0 Å². The van der Waals surface area contributed by atoms with Crippen molar-refractivity contribution >= 4 is 5.96 Å². The third-order valence-electron chi connectivity index (χ3n) is 0.656. The van der Waals surface area contributed by atoms with Gasteiger partial charge >= 0.3 is 5.96 Å². The van der Waals surface area contributed by atoms with Gasteiger partial charge in [0, 0.05) is 7.11 Å². The Balaban J connectivity index is 4.88. The molecular weight excluding hydrogens is 162 g/mol. The summed E-state index contributed by atoms with van der Waals surface area (Å²) in [6.07, 6.45) is 0. The number of rotatable bonds is 1. The van der Waals surface area contributed by atoms with E-state index in [-0.39, 0.29) is 0 Å². The average molecular weight is 165 g/mol. The molecular formula is C2H3N3O6. The highest BCUT2D eigenvalue weighted by Crippen LogP contribution is 1.82. The predicted octanol–water partition coefficient (Wildman–Crippen LogP) is -1.03. The summed E-state index contributed by atoms with van der Waals surface area (Å²) in [5, 5.41) is 29.7. The fraction of sp³-hybridized carbons (Fsp3) is 0.500. The van der Waals surface area contributed by atoms with Gasteiger partial charge in [-0.2, -0.15) is 0 Å². The highest BCUT2D eigenvalue weighted by Gasteiger charge is 2.43. The standard InChI is InChI=1S/C2H3N3O6/c1-11-5(10)2(3(6)7)4(8)9/h1H3. The zero-order valence-corrected chi connectivity index (χ0v) is 5.29. The minimum Gasteiger partial charge on any atom is -0.396 e. The maximum Gasteiger partial charge on any atom is 0.866 e. The molecule has 0 N–H and O–H groups in total. The van der Waals surface area contributed by atoms with Gasteiger partial charge in [-0.05, 0) is 0 Å². The van der Waals surface area contributed by atoms with Crippen LogP contribution < -0.4 is 0 Å². The van der Waals surface area contributed by atoms with Gasteiger partial charge in [0.25, 0.3) is 0 Å². The number of hydrogen-bond acceptors (Lipinski definition) is 6. The molecule has 11 heavy (non-hydrogen) atoms. The molecule has 0 saturated carbocycles. The molecule has 0 aliphatic rings. The smallest absolute Gasteiger partial charge is 0.396 e. The molecule has 9 nitrogen and oxygen atoms in total. The molecule has 0 aliphatic carbocycles. The Morgan fingerprint density at radius 2 is 1.55 bits per heavy atom. The maximum atomic E-state index is 10.2. The Bertz CT molecular complexity index is 204. The molecule has 0 aliphatic heterocycles. The Morgan fingerprint density at radius 3 is 1.64 bits per heavy atom. The molecule has 0 saturated heterocycles. The zero-order valence-electron chi connectivity index (χ0n) is 5.29. The van der Waals surface area contributed by atoms with Crippen LogP contribution in [0.4, 0.5) is 0 Å². The molecule has 0 fully saturated rings. The predicted molar refractivity (Wildman–Crippen MR) is 29.6 cm³/mol. The minimum atomic E-state index is -1.77. The summed E-state index contributed by atoms with van der Waals surface area (Å²) in [7, 11) is 0.778. The molecule has 0 amide bonds. The van der Waals surface area contributed by atoms with E-state index in [1.165, 1.54) is 0 Å². The minimum absolute atomic E-state index is 0.778. The van der Waals surface area contributed by atoms with Crippen LogP contribution in [-0.4, -0.2) is 27.8 Å². The van der Waals surface area contributed by atoms with Crippen LogP contribution >= 0.6 is 0 Å². The largest absolute Gasteiger partial charge is 0.866 e. The van der Waals surface area contributed by atoms with Crippen molar-refractivity contribution in [3.05, 3.63) is 25.4 Å². The van der Waals surface area contributed by atoms with Gasteiger partial charge < -0.3 is 4.84 Å². The molecule has 0 radical (unpaired) electrons. The molecule has 0 atom stereocenters. The second-order valence-corrected chi connectivity index (χ2v) is 1.25. The first kappa shape index (κ1) is 9.07. The van der Waals surface area contributed by atoms with Crippen LogP contribution in [0.25, 0.3) is 0 Å². The highest BCUT2D eigenvalue weighted by molar-refractivity contribution is 5.55. The van der Waals surface area contributed by atoms with E-state index in [1.807, 2.05) is 0 Å². The van der Waals surface area contributed by atoms with Gasteiger partial charge in [0.1, 0.15) is 0 Å². The van der Waals surface area contributed by atoms with E-state index in [9.17, 15) is 25.4 Å². The second kappa shape index (κ2) is 3.29. The van der Waals surface area contributed by atoms with Gasteiger partial charge in [-0.3, -0.25) is 0 Å². The van der Waals surface area contributed by atoms with Crippen LogP contribution in [0.2, 0.25) is 0 Å². The molecule has 0 spiro atoms. The summed E-state index contributed by atoms with van der Waals surface area (Å²) in [5.74, 6) is -1.77. The lowest BCUT2D eigenvalue weighted by molar-refractivity contribution is -0.784. The monoisotopic (exact) mass is 165 g/mol. The van der Waals surface area contributed by atoms with E-state index in [4.69, 9.17) is 0 Å². The van der Waals surface area contributed by atoms with E-state index in [0.29, 0.717) is 0 Å². The van der Waals surface area contributed by atoms with Crippen molar-refractivity contribution in [3.8, 4) is 0 Å². The lowest BCUT2D eigenvalue weighted by atomic mass is 11.1. The number of nitro groups is 2. The summed E-state index contributed by atoms with van der Waals surface area (Å²) in [5.41, 5.74) is 0. The molecule has 0 heterocycles. The Morgan fingerprint density at radius 1 is 1.18 bits per heavy atom. The van der Waals surface area contributed by atoms with E-state index in [2.05, 4.69) is 4.84 Å². The van der Waals surface area contributed by atoms with Crippen molar-refractivity contribution in [1.82, 2.24) is 0 Å². The van der Waals surface area contributed by atoms with Crippen LogP contribution in [0.5, 0.6) is 0 Å². The third-order valence-corrected chi connectivity index (χ3v) is 0.656. The zero-order chi connectivity index (χ0) is 9.02. The van der Waals surface area contributed by atoms with Crippen molar-refractivity contribution in [3.63, 3.8) is 0 Å². The summed E-state index contributed by atoms with van der Waals surface area (Å²) < 4.78 is 0. The van der Waals surface area contributed by atoms with Crippen molar-refractivity contribution < 1.29 is 19.6 Å². The Labute approximate surface area is 59.3 Å². The number of nitrogens with zero attached hydrogens (tertiary/aromatic N) is 3. The maximum absolute atomic E-state index is 10.2. The van der Waals surface area contributed by atoms with Crippen LogP contribution in [0, 0.1) is 25.4 Å². The van der Waals surface area contributed by atoms with Crippen LogP contribution in [0.3, 0.4) is 0 Å². The van der Waals surface area contributed by atoms with Crippen LogP contribution in [0.15, 0.2) is 0 Å². The van der Waals surface area contributed by atoms with E-state index in [1.54, 1.807) is 0 Å². The molecule has 9 heteroatoms. The van der Waals surface area contributed by atoms with Gasteiger partial charge in [0.05, 0.1) is 0 Å². The first-order chi connectivity index (χ1) is 5.00.